The van der Waals surface area contributed by atoms with Crippen molar-refractivity contribution < 1.29 is 15.0 Å². The van der Waals surface area contributed by atoms with Crippen molar-refractivity contribution in [3.05, 3.63) is 33.7 Å². The van der Waals surface area contributed by atoms with Crippen LogP contribution in [0.5, 0.6) is 5.75 Å². The Balaban J connectivity index is 2.53. The Bertz CT molecular complexity index is 751. The molecule has 2 N–H and O–H groups in total. The Morgan fingerprint density at radius 1 is 1.19 bits per heavy atom. The highest BCUT2D eigenvalue weighted by atomic mass is 32.2. The van der Waals surface area contributed by atoms with Crippen LogP contribution in [0.3, 0.4) is 0 Å². The van der Waals surface area contributed by atoms with Crippen LogP contribution in [0.2, 0.25) is 0 Å². The van der Waals surface area contributed by atoms with Gasteiger partial charge in [0.1, 0.15) is 17.3 Å². The van der Waals surface area contributed by atoms with Crippen molar-refractivity contribution in [3.8, 4) is 5.75 Å². The molecule has 148 valence electrons. The van der Waals surface area contributed by atoms with E-state index in [1.807, 2.05) is 18.2 Å². The summed E-state index contributed by atoms with van der Waals surface area (Å²) < 4.78 is 0. The van der Waals surface area contributed by atoms with Crippen LogP contribution < -0.4 is 0 Å². The van der Waals surface area contributed by atoms with Crippen molar-refractivity contribution in [2.75, 3.05) is 18.8 Å². The van der Waals surface area contributed by atoms with Gasteiger partial charge in [0.2, 0.25) is 0 Å². The zero-order valence-corrected chi connectivity index (χ0v) is 18.6. The third kappa shape index (κ3) is 5.26. The average molecular weight is 408 g/mol. The number of carboxylic acids is 1. The summed E-state index contributed by atoms with van der Waals surface area (Å²) in [6, 6.07) is 4.02. The number of thioether (sulfide) groups is 1. The van der Waals surface area contributed by atoms with E-state index in [2.05, 4.69) is 41.5 Å². The lowest BCUT2D eigenvalue weighted by molar-refractivity contribution is -0.137. The monoisotopic (exact) mass is 407 g/mol. The molecule has 1 aromatic rings. The van der Waals surface area contributed by atoms with Gasteiger partial charge < -0.3 is 15.1 Å². The van der Waals surface area contributed by atoms with E-state index >= 15 is 0 Å². The van der Waals surface area contributed by atoms with E-state index in [4.69, 9.17) is 17.3 Å². The Kier molecular flexibility index (Phi) is 6.32. The van der Waals surface area contributed by atoms with E-state index in [1.165, 1.54) is 0 Å². The number of carbonyl (C=O) groups is 1. The molecule has 0 radical (unpaired) electrons. The highest BCUT2D eigenvalue weighted by Crippen LogP contribution is 2.40. The minimum Gasteiger partial charge on any atom is -0.507 e. The molecule has 0 unspecified atom stereocenters. The quantitative estimate of drug-likeness (QED) is 0.555. The molecular weight excluding hydrogens is 378 g/mol. The molecule has 1 saturated heterocycles. The Hall–Kier alpha value is -1.53. The standard InChI is InChI=1S/C21H29NO3S2/c1-20(2,3)14-9-13(10-15(18(14)25)21(4,5)6)11-16-19(26)22(7-8-27-16)12-17(23)24/h9-11,25H,7-8,12H2,1-6H3,(H,23,24)/b16-11+. The fraction of sp³-hybridized carbons (Fsp3) is 0.524. The van der Waals surface area contributed by atoms with Gasteiger partial charge in [-0.1, -0.05) is 53.8 Å². The summed E-state index contributed by atoms with van der Waals surface area (Å²) in [5.41, 5.74) is 2.37. The first-order valence-corrected chi connectivity index (χ1v) is 10.4. The van der Waals surface area contributed by atoms with Crippen molar-refractivity contribution in [2.24, 2.45) is 0 Å². The minimum absolute atomic E-state index is 0.0766. The summed E-state index contributed by atoms with van der Waals surface area (Å²) in [4.78, 5) is 14.3. The topological polar surface area (TPSA) is 60.8 Å². The Labute approximate surface area is 171 Å². The second-order valence-electron chi connectivity index (χ2n) is 8.94. The lowest BCUT2D eigenvalue weighted by Gasteiger charge is -2.30. The van der Waals surface area contributed by atoms with Gasteiger partial charge in [-0.25, -0.2) is 0 Å². The first-order chi connectivity index (χ1) is 12.3. The molecule has 0 spiro atoms. The highest BCUT2D eigenvalue weighted by Gasteiger charge is 2.27. The highest BCUT2D eigenvalue weighted by molar-refractivity contribution is 8.05. The number of thiocarbonyl (C=S) groups is 1. The smallest absolute Gasteiger partial charge is 0.323 e. The number of aromatic hydroxyl groups is 1. The molecule has 1 aliphatic rings. The normalized spacial score (nSPS) is 17.5. The number of nitrogens with zero attached hydrogens (tertiary/aromatic N) is 1. The molecule has 0 aliphatic carbocycles. The number of hydrogen-bond acceptors (Lipinski definition) is 4. The van der Waals surface area contributed by atoms with Crippen LogP contribution in [0, 0.1) is 0 Å². The zero-order valence-electron chi connectivity index (χ0n) is 16.9. The van der Waals surface area contributed by atoms with Gasteiger partial charge >= 0.3 is 5.97 Å². The molecule has 1 fully saturated rings. The Morgan fingerprint density at radius 2 is 1.70 bits per heavy atom. The van der Waals surface area contributed by atoms with Gasteiger partial charge in [-0.15, -0.1) is 11.8 Å². The maximum absolute atomic E-state index is 11.1. The van der Waals surface area contributed by atoms with Crippen molar-refractivity contribution >= 4 is 41.0 Å². The summed E-state index contributed by atoms with van der Waals surface area (Å²) in [6.45, 7) is 13.1. The van der Waals surface area contributed by atoms with Gasteiger partial charge in [0.05, 0.1) is 0 Å². The molecule has 0 bridgehead atoms. The van der Waals surface area contributed by atoms with Gasteiger partial charge in [-0.3, -0.25) is 4.79 Å². The van der Waals surface area contributed by atoms with Crippen molar-refractivity contribution in [2.45, 2.75) is 52.4 Å². The van der Waals surface area contributed by atoms with Crippen LogP contribution in [0.15, 0.2) is 17.0 Å². The van der Waals surface area contributed by atoms with Crippen molar-refractivity contribution in [1.29, 1.82) is 0 Å². The van der Waals surface area contributed by atoms with Gasteiger partial charge in [0, 0.05) is 28.3 Å². The number of rotatable bonds is 3. The van der Waals surface area contributed by atoms with E-state index in [1.54, 1.807) is 16.7 Å². The van der Waals surface area contributed by atoms with Crippen molar-refractivity contribution in [3.63, 3.8) is 0 Å². The molecule has 0 aromatic heterocycles. The molecule has 1 heterocycles. The largest absolute Gasteiger partial charge is 0.507 e. The molecule has 0 amide bonds. The SMILES string of the molecule is CC(C)(C)c1cc(/C=C2/SCCN(CC(=O)O)C2=S)cc(C(C)(C)C)c1O. The maximum atomic E-state index is 11.1. The molecule has 0 atom stereocenters. The summed E-state index contributed by atoms with van der Waals surface area (Å²) in [5.74, 6) is 0.275. The van der Waals surface area contributed by atoms with Gasteiger partial charge in [0.15, 0.2) is 0 Å². The van der Waals surface area contributed by atoms with Crippen LogP contribution in [0.4, 0.5) is 0 Å². The Morgan fingerprint density at radius 3 is 2.15 bits per heavy atom. The lowest BCUT2D eigenvalue weighted by Crippen LogP contribution is -2.39. The number of hydrogen-bond donors (Lipinski definition) is 2. The van der Waals surface area contributed by atoms with E-state index in [0.717, 1.165) is 27.3 Å². The van der Waals surface area contributed by atoms with Crippen LogP contribution in [0.25, 0.3) is 6.08 Å². The molecule has 0 saturated carbocycles. The summed E-state index contributed by atoms with van der Waals surface area (Å²) in [7, 11) is 0. The predicted octanol–water partition coefficient (Wildman–Crippen LogP) is 4.79. The molecule has 1 aliphatic heterocycles. The van der Waals surface area contributed by atoms with Gasteiger partial charge in [-0.2, -0.15) is 0 Å². The molecule has 6 heteroatoms. The second-order valence-corrected chi connectivity index (χ2v) is 10.5. The van der Waals surface area contributed by atoms with E-state index < -0.39 is 5.97 Å². The third-order valence-corrected chi connectivity index (χ3v) is 6.11. The summed E-state index contributed by atoms with van der Waals surface area (Å²) in [6.07, 6.45) is 2.02. The summed E-state index contributed by atoms with van der Waals surface area (Å²) in [5, 5.41) is 19.9. The van der Waals surface area contributed by atoms with E-state index in [9.17, 15) is 9.90 Å². The summed E-state index contributed by atoms with van der Waals surface area (Å²) >= 11 is 7.18. The third-order valence-electron chi connectivity index (χ3n) is 4.49. The van der Waals surface area contributed by atoms with Crippen LogP contribution in [-0.2, 0) is 15.6 Å². The molecule has 27 heavy (non-hydrogen) atoms. The lowest BCUT2D eigenvalue weighted by atomic mass is 9.78. The first kappa shape index (κ1) is 21.8. The molecule has 2 rings (SSSR count). The van der Waals surface area contributed by atoms with Crippen LogP contribution >= 0.6 is 24.0 Å². The number of aliphatic carboxylic acids is 1. The first-order valence-electron chi connectivity index (χ1n) is 9.04. The number of carboxylic acid groups (broad SMARTS) is 1. The average Bonchev–Trinajstić information content (AvgIpc) is 2.50. The number of phenols is 1. The van der Waals surface area contributed by atoms with Gasteiger partial charge in [-0.05, 0) is 34.6 Å². The molecular formula is C21H29NO3S2. The number of benzene rings is 1. The van der Waals surface area contributed by atoms with Crippen LogP contribution in [0.1, 0.15) is 58.2 Å². The predicted molar refractivity (Wildman–Crippen MR) is 118 cm³/mol. The fourth-order valence-electron chi connectivity index (χ4n) is 3.04. The van der Waals surface area contributed by atoms with Crippen molar-refractivity contribution in [1.82, 2.24) is 4.90 Å². The molecule has 1 aromatic carbocycles. The molecule has 4 nitrogen and oxygen atoms in total. The fourth-order valence-corrected chi connectivity index (χ4v) is 4.43. The van der Waals surface area contributed by atoms with E-state index in [-0.39, 0.29) is 17.4 Å². The number of phenolic OH excluding ortho intramolecular Hbond substituents is 1. The minimum atomic E-state index is -0.877. The van der Waals surface area contributed by atoms with Crippen LogP contribution in [-0.4, -0.2) is 44.9 Å². The second kappa shape index (κ2) is 7.84. The maximum Gasteiger partial charge on any atom is 0.323 e. The van der Waals surface area contributed by atoms with E-state index in [0.29, 0.717) is 17.3 Å². The van der Waals surface area contributed by atoms with Gasteiger partial charge in [0.25, 0.3) is 0 Å². The zero-order chi connectivity index (χ0) is 20.6.